The Bertz CT molecular complexity index is 1270. The maximum absolute atomic E-state index is 14.7. The summed E-state index contributed by atoms with van der Waals surface area (Å²) in [7, 11) is 1.49. The van der Waals surface area contributed by atoms with Crippen molar-refractivity contribution in [1.82, 2.24) is 15.2 Å². The van der Waals surface area contributed by atoms with Gasteiger partial charge in [0.25, 0.3) is 0 Å². The first-order valence-electron chi connectivity index (χ1n) is 11.8. The van der Waals surface area contributed by atoms with Crippen LogP contribution in [0.5, 0.6) is 5.75 Å². The quantitative estimate of drug-likeness (QED) is 0.337. The summed E-state index contributed by atoms with van der Waals surface area (Å²) < 4.78 is 47.1. The molecule has 0 radical (unpaired) electrons. The van der Waals surface area contributed by atoms with Crippen LogP contribution in [0.2, 0.25) is 0 Å². The molecule has 1 saturated heterocycles. The van der Waals surface area contributed by atoms with Crippen LogP contribution in [0.3, 0.4) is 0 Å². The number of carboxylic acid groups (broad SMARTS) is 1. The van der Waals surface area contributed by atoms with Gasteiger partial charge in [-0.05, 0) is 49.4 Å². The zero-order chi connectivity index (χ0) is 26.5. The van der Waals surface area contributed by atoms with E-state index in [1.165, 1.54) is 18.9 Å². The Kier molecular flexibility index (Phi) is 8.91. The van der Waals surface area contributed by atoms with Crippen molar-refractivity contribution in [2.45, 2.75) is 23.5 Å². The molecule has 198 valence electrons. The van der Waals surface area contributed by atoms with Gasteiger partial charge < -0.3 is 25.2 Å². The molecular formula is C26H28F3N3O4S. The van der Waals surface area contributed by atoms with Gasteiger partial charge in [0.1, 0.15) is 23.2 Å². The van der Waals surface area contributed by atoms with Crippen LogP contribution in [0.4, 0.5) is 13.2 Å². The van der Waals surface area contributed by atoms with Gasteiger partial charge in [-0.15, -0.1) is 11.8 Å². The van der Waals surface area contributed by atoms with Crippen molar-refractivity contribution < 1.29 is 32.9 Å². The Morgan fingerprint density at radius 3 is 2.81 bits per heavy atom. The van der Waals surface area contributed by atoms with Crippen molar-refractivity contribution >= 4 is 28.6 Å². The molecule has 1 fully saturated rings. The van der Waals surface area contributed by atoms with Gasteiger partial charge in [0, 0.05) is 47.3 Å². The molecule has 2 aromatic carbocycles. The number of carboxylic acids is 1. The Balaban J connectivity index is 1.36. The van der Waals surface area contributed by atoms with Crippen molar-refractivity contribution in [1.29, 1.82) is 0 Å². The Morgan fingerprint density at radius 2 is 2.05 bits per heavy atom. The summed E-state index contributed by atoms with van der Waals surface area (Å²) >= 11 is 1.18. The highest BCUT2D eigenvalue weighted by Gasteiger charge is 2.34. The molecule has 4 rings (SSSR count). The number of halogens is 3. The van der Waals surface area contributed by atoms with Crippen LogP contribution in [0.15, 0.2) is 47.5 Å². The molecule has 3 atom stereocenters. The minimum atomic E-state index is -1.23. The van der Waals surface area contributed by atoms with Crippen molar-refractivity contribution in [3.63, 3.8) is 0 Å². The fourth-order valence-electron chi connectivity index (χ4n) is 4.59. The Hall–Kier alpha value is -2.86. The highest BCUT2D eigenvalue weighted by molar-refractivity contribution is 7.99. The number of carbonyl (C=O) groups is 1. The number of likely N-dealkylation sites (tertiary alicyclic amines) is 1. The second kappa shape index (κ2) is 12.1. The third kappa shape index (κ3) is 6.53. The lowest BCUT2D eigenvalue weighted by molar-refractivity contribution is -0.144. The monoisotopic (exact) mass is 535 g/mol. The van der Waals surface area contributed by atoms with Gasteiger partial charge in [-0.25, -0.2) is 13.2 Å². The van der Waals surface area contributed by atoms with Gasteiger partial charge in [0.05, 0.1) is 30.8 Å². The number of aromatic nitrogens is 1. The number of nitrogens with zero attached hydrogens (tertiary/aromatic N) is 2. The predicted molar refractivity (Wildman–Crippen MR) is 134 cm³/mol. The number of methoxy groups -OCH3 is 1. The van der Waals surface area contributed by atoms with E-state index in [0.717, 1.165) is 24.4 Å². The Labute approximate surface area is 216 Å². The van der Waals surface area contributed by atoms with Gasteiger partial charge >= 0.3 is 5.97 Å². The second-order valence-corrected chi connectivity index (χ2v) is 10.0. The molecule has 1 aliphatic heterocycles. The molecule has 0 saturated carbocycles. The number of aliphatic hydroxyl groups excluding tert-OH is 1. The van der Waals surface area contributed by atoms with Crippen LogP contribution >= 0.6 is 11.8 Å². The fourth-order valence-corrected chi connectivity index (χ4v) is 5.56. The molecule has 11 heteroatoms. The summed E-state index contributed by atoms with van der Waals surface area (Å²) in [6.07, 6.45) is 0.318. The molecule has 0 bridgehead atoms. The number of nitrogens with one attached hydrogen (secondary N) is 1. The van der Waals surface area contributed by atoms with Crippen LogP contribution in [-0.2, 0) is 4.79 Å². The summed E-state index contributed by atoms with van der Waals surface area (Å²) in [5, 5.41) is 24.2. The lowest BCUT2D eigenvalue weighted by atomic mass is 9.91. The van der Waals surface area contributed by atoms with Crippen molar-refractivity contribution in [2.24, 2.45) is 5.92 Å². The van der Waals surface area contributed by atoms with E-state index in [1.807, 2.05) is 4.90 Å². The van der Waals surface area contributed by atoms with Crippen molar-refractivity contribution in [2.75, 3.05) is 39.0 Å². The lowest BCUT2D eigenvalue weighted by Gasteiger charge is -2.37. The average Bonchev–Trinajstić information content (AvgIpc) is 2.89. The number of rotatable bonds is 10. The minimum absolute atomic E-state index is 0.0452. The number of hydrogen-bond acceptors (Lipinski definition) is 7. The zero-order valence-electron chi connectivity index (χ0n) is 20.2. The molecule has 0 aliphatic carbocycles. The molecule has 1 aromatic heterocycles. The van der Waals surface area contributed by atoms with Crippen LogP contribution in [0.25, 0.3) is 10.9 Å². The van der Waals surface area contributed by atoms with Crippen LogP contribution in [0, 0.1) is 23.4 Å². The van der Waals surface area contributed by atoms with Crippen molar-refractivity contribution in [3.05, 3.63) is 65.6 Å². The summed E-state index contributed by atoms with van der Waals surface area (Å²) in [6, 6.07) is 7.84. The number of benzene rings is 2. The van der Waals surface area contributed by atoms with Gasteiger partial charge in [-0.3, -0.25) is 9.78 Å². The van der Waals surface area contributed by atoms with Gasteiger partial charge in [-0.1, -0.05) is 0 Å². The first-order chi connectivity index (χ1) is 17.8. The number of ether oxygens (including phenoxy) is 1. The van der Waals surface area contributed by atoms with E-state index in [1.54, 1.807) is 18.2 Å². The van der Waals surface area contributed by atoms with Gasteiger partial charge in [0.2, 0.25) is 0 Å². The maximum Gasteiger partial charge on any atom is 0.309 e. The second-order valence-electron chi connectivity index (χ2n) is 8.89. The molecular weight excluding hydrogens is 507 g/mol. The predicted octanol–water partition coefficient (Wildman–Crippen LogP) is 3.85. The Morgan fingerprint density at radius 1 is 1.24 bits per heavy atom. The number of aliphatic hydroxyl groups is 1. The summed E-state index contributed by atoms with van der Waals surface area (Å²) in [4.78, 5) is 18.2. The van der Waals surface area contributed by atoms with Gasteiger partial charge in [-0.2, -0.15) is 0 Å². The first-order valence-corrected chi connectivity index (χ1v) is 12.8. The molecule has 7 nitrogen and oxygen atoms in total. The van der Waals surface area contributed by atoms with E-state index in [-0.39, 0.29) is 23.5 Å². The number of pyridine rings is 1. The average molecular weight is 536 g/mol. The third-order valence-corrected chi connectivity index (χ3v) is 7.56. The largest absolute Gasteiger partial charge is 0.497 e. The molecule has 1 aliphatic rings. The molecule has 3 aromatic rings. The highest BCUT2D eigenvalue weighted by atomic mass is 32.2. The van der Waals surface area contributed by atoms with Crippen LogP contribution < -0.4 is 10.1 Å². The standard InChI is InChI=1S/C26H28F3N3O4S/c1-36-16-3-5-21-17(11-16)25(20(29)12-30-21)23(33)13-31-22-6-7-32(14-18(22)26(34)35)8-9-37-24-10-15(27)2-4-19(24)28/h2-5,10-12,18,22-23,31,33H,6-9,13-14H2,1H3,(H,34,35). The number of piperidine rings is 1. The topological polar surface area (TPSA) is 94.9 Å². The first kappa shape index (κ1) is 27.2. The van der Waals surface area contributed by atoms with Gasteiger partial charge in [0.15, 0.2) is 0 Å². The maximum atomic E-state index is 14.7. The minimum Gasteiger partial charge on any atom is -0.497 e. The molecule has 3 unspecified atom stereocenters. The normalized spacial score (nSPS) is 19.2. The number of hydrogen-bond donors (Lipinski definition) is 3. The number of fused-ring (bicyclic) bond motifs is 1. The number of thioether (sulfide) groups is 1. The van der Waals surface area contributed by atoms with E-state index in [9.17, 15) is 28.2 Å². The molecule has 37 heavy (non-hydrogen) atoms. The van der Waals surface area contributed by atoms with E-state index >= 15 is 0 Å². The molecule has 0 spiro atoms. The zero-order valence-corrected chi connectivity index (χ0v) is 21.0. The third-order valence-electron chi connectivity index (χ3n) is 6.55. The lowest BCUT2D eigenvalue weighted by Crippen LogP contribution is -2.53. The van der Waals surface area contributed by atoms with E-state index in [2.05, 4.69) is 10.3 Å². The van der Waals surface area contributed by atoms with E-state index in [0.29, 0.717) is 41.9 Å². The molecule has 2 heterocycles. The fraction of sp³-hybridized carbons (Fsp3) is 0.385. The van der Waals surface area contributed by atoms with Crippen LogP contribution in [0.1, 0.15) is 18.1 Å². The smallest absolute Gasteiger partial charge is 0.309 e. The summed E-state index contributed by atoms with van der Waals surface area (Å²) in [5.41, 5.74) is 0.575. The summed E-state index contributed by atoms with van der Waals surface area (Å²) in [6.45, 7) is 1.32. The van der Waals surface area contributed by atoms with E-state index < -0.39 is 41.5 Å². The van der Waals surface area contributed by atoms with Crippen molar-refractivity contribution in [3.8, 4) is 5.75 Å². The molecule has 3 N–H and O–H groups in total. The molecule has 0 amide bonds. The van der Waals surface area contributed by atoms with E-state index in [4.69, 9.17) is 4.74 Å². The number of aliphatic carboxylic acids is 1. The summed E-state index contributed by atoms with van der Waals surface area (Å²) in [5.74, 6) is -2.43. The van der Waals surface area contributed by atoms with Crippen LogP contribution in [-0.4, -0.2) is 71.1 Å². The SMILES string of the molecule is COc1ccc2ncc(F)c(C(O)CNC3CCN(CCSc4cc(F)ccc4F)CC3C(=O)O)c2c1. The highest BCUT2D eigenvalue weighted by Crippen LogP contribution is 2.29.